The van der Waals surface area contributed by atoms with E-state index in [1.165, 1.54) is 6.07 Å². The number of aromatic nitrogens is 2. The molecule has 0 N–H and O–H groups in total. The third-order valence-corrected chi connectivity index (χ3v) is 3.49. The van der Waals surface area contributed by atoms with Crippen LogP contribution in [0.2, 0.25) is 15.2 Å². The van der Waals surface area contributed by atoms with Crippen molar-refractivity contribution in [2.45, 2.75) is 0 Å². The van der Waals surface area contributed by atoms with E-state index in [9.17, 15) is 27.2 Å². The highest BCUT2D eigenvalue weighted by Crippen LogP contribution is 2.28. The van der Waals surface area contributed by atoms with Crippen molar-refractivity contribution in [2.75, 3.05) is 0 Å². The Hall–Kier alpha value is -1.48. The van der Waals surface area contributed by atoms with Gasteiger partial charge in [0.2, 0.25) is 5.82 Å². The van der Waals surface area contributed by atoms with Crippen LogP contribution in [0.5, 0.6) is 0 Å². The zero-order valence-corrected chi connectivity index (χ0v) is 13.9. The number of pyridine rings is 2. The first kappa shape index (κ1) is 20.6. The summed E-state index contributed by atoms with van der Waals surface area (Å²) in [6.45, 7) is 0. The van der Waals surface area contributed by atoms with Gasteiger partial charge in [-0.3, -0.25) is 9.59 Å². The molecule has 0 radical (unpaired) electrons. The molecular formula is C12H2Cl4F4N2O2. The van der Waals surface area contributed by atoms with Gasteiger partial charge in [-0.15, -0.1) is 0 Å². The summed E-state index contributed by atoms with van der Waals surface area (Å²) >= 11 is 21.8. The first-order valence-corrected chi connectivity index (χ1v) is 6.98. The molecule has 2 heterocycles. The van der Waals surface area contributed by atoms with Crippen LogP contribution in [0.3, 0.4) is 0 Å². The Bertz CT molecular complexity index is 706. The fourth-order valence-corrected chi connectivity index (χ4v) is 1.77. The topological polar surface area (TPSA) is 59.9 Å². The van der Waals surface area contributed by atoms with E-state index in [4.69, 9.17) is 46.4 Å². The molecule has 0 saturated carbocycles. The van der Waals surface area contributed by atoms with Crippen molar-refractivity contribution in [3.8, 4) is 0 Å². The van der Waals surface area contributed by atoms with Crippen molar-refractivity contribution in [2.24, 2.45) is 0 Å². The lowest BCUT2D eigenvalue weighted by atomic mass is 10.3. The van der Waals surface area contributed by atoms with E-state index in [0.29, 0.717) is 0 Å². The van der Waals surface area contributed by atoms with Gasteiger partial charge in [0.05, 0.1) is 10.0 Å². The molecule has 128 valence electrons. The standard InChI is InChI=1S/C6HCl4NO.C6HF4NO/c2*7-2-1-3(6(10)12)11-5(9)4(2)8/h2*1H. The summed E-state index contributed by atoms with van der Waals surface area (Å²) in [5, 5.41) is -0.496. The summed E-state index contributed by atoms with van der Waals surface area (Å²) < 4.78 is 48.3. The second kappa shape index (κ2) is 8.57. The molecule has 2 aromatic rings. The molecule has 0 spiro atoms. The van der Waals surface area contributed by atoms with Gasteiger partial charge < -0.3 is 0 Å². The van der Waals surface area contributed by atoms with Crippen molar-refractivity contribution in [1.29, 1.82) is 0 Å². The minimum absolute atomic E-state index is 0.0175. The normalized spacial score (nSPS) is 10.0. The predicted octanol–water partition coefficient (Wildman–Crippen LogP) is 5.03. The van der Waals surface area contributed by atoms with Gasteiger partial charge in [0, 0.05) is 6.07 Å². The Labute approximate surface area is 151 Å². The van der Waals surface area contributed by atoms with Gasteiger partial charge in [0.15, 0.2) is 5.82 Å². The molecule has 2 aromatic heterocycles. The van der Waals surface area contributed by atoms with Crippen molar-refractivity contribution in [3.63, 3.8) is 0 Å². The first-order chi connectivity index (χ1) is 11.0. The van der Waals surface area contributed by atoms with E-state index in [0.717, 1.165) is 0 Å². The third-order valence-electron chi connectivity index (χ3n) is 2.15. The van der Waals surface area contributed by atoms with Crippen molar-refractivity contribution in [1.82, 2.24) is 9.97 Å². The Morgan fingerprint density at radius 2 is 1.54 bits per heavy atom. The molecule has 0 aromatic carbocycles. The Morgan fingerprint density at radius 3 is 1.96 bits per heavy atom. The maximum absolute atomic E-state index is 12.2. The van der Waals surface area contributed by atoms with E-state index in [2.05, 4.69) is 9.97 Å². The zero-order chi connectivity index (χ0) is 18.6. The van der Waals surface area contributed by atoms with Crippen LogP contribution in [-0.2, 0) is 0 Å². The summed E-state index contributed by atoms with van der Waals surface area (Å²) in [4.78, 5) is 26.6. The van der Waals surface area contributed by atoms with Crippen LogP contribution >= 0.6 is 46.4 Å². The van der Waals surface area contributed by atoms with Crippen LogP contribution in [0.4, 0.5) is 17.6 Å². The van der Waals surface area contributed by atoms with E-state index < -0.39 is 34.6 Å². The smallest absolute Gasteiger partial charge is 0.274 e. The second-order valence-corrected chi connectivity index (χ2v) is 5.22. The molecule has 0 saturated heterocycles. The van der Waals surface area contributed by atoms with Gasteiger partial charge in [-0.05, 0) is 17.7 Å². The van der Waals surface area contributed by atoms with Crippen LogP contribution in [-0.4, -0.2) is 21.2 Å². The van der Waals surface area contributed by atoms with E-state index in [1.807, 2.05) is 0 Å². The van der Waals surface area contributed by atoms with Gasteiger partial charge in [-0.1, -0.05) is 34.8 Å². The summed E-state index contributed by atoms with van der Waals surface area (Å²) in [5.41, 5.74) is -1.11. The van der Waals surface area contributed by atoms with Crippen LogP contribution in [0, 0.1) is 17.6 Å². The molecular weight excluding hydrogens is 422 g/mol. The lowest BCUT2D eigenvalue weighted by Gasteiger charge is -1.99. The number of nitrogens with zero attached hydrogens (tertiary/aromatic N) is 2. The van der Waals surface area contributed by atoms with Gasteiger partial charge in [-0.2, -0.15) is 13.2 Å². The van der Waals surface area contributed by atoms with Crippen LogP contribution in [0.25, 0.3) is 0 Å². The fraction of sp³-hybridized carbons (Fsp3) is 0. The number of halogens is 8. The number of rotatable bonds is 2. The third kappa shape index (κ3) is 5.27. The molecule has 4 nitrogen and oxygen atoms in total. The largest absolute Gasteiger partial charge is 0.350 e. The van der Waals surface area contributed by atoms with Gasteiger partial charge >= 0.3 is 6.04 Å². The average Bonchev–Trinajstić information content (AvgIpc) is 2.49. The van der Waals surface area contributed by atoms with Crippen LogP contribution < -0.4 is 0 Å². The lowest BCUT2D eigenvalue weighted by molar-refractivity contribution is 0.0827. The summed E-state index contributed by atoms with van der Waals surface area (Å²) in [6.07, 6.45) is 0. The quantitative estimate of drug-likeness (QED) is 0.386. The minimum Gasteiger partial charge on any atom is -0.274 e. The van der Waals surface area contributed by atoms with Crippen LogP contribution in [0.15, 0.2) is 12.1 Å². The fourth-order valence-electron chi connectivity index (χ4n) is 1.14. The zero-order valence-electron chi connectivity index (χ0n) is 10.9. The van der Waals surface area contributed by atoms with Gasteiger partial charge in [-0.25, -0.2) is 14.4 Å². The highest BCUT2D eigenvalue weighted by Gasteiger charge is 2.16. The number of carbonyl (C=O) groups excluding carboxylic acids is 2. The van der Waals surface area contributed by atoms with Crippen molar-refractivity contribution < 1.29 is 27.2 Å². The van der Waals surface area contributed by atoms with E-state index >= 15 is 0 Å². The first-order valence-electron chi connectivity index (χ1n) is 5.47. The molecule has 12 heteroatoms. The Morgan fingerprint density at radius 1 is 0.958 bits per heavy atom. The van der Waals surface area contributed by atoms with Gasteiger partial charge in [0.1, 0.15) is 16.5 Å². The molecule has 0 atom stereocenters. The highest BCUT2D eigenvalue weighted by molar-refractivity contribution is 6.67. The molecule has 24 heavy (non-hydrogen) atoms. The maximum Gasteiger partial charge on any atom is 0.350 e. The SMILES string of the molecule is O=C(Cl)c1cc(Cl)c(Cl)c(Cl)n1.O=C(F)c1cc(F)c(F)c(F)n1. The van der Waals surface area contributed by atoms with E-state index in [1.54, 1.807) is 0 Å². The van der Waals surface area contributed by atoms with Crippen LogP contribution in [0.1, 0.15) is 21.0 Å². The summed E-state index contributed by atoms with van der Waals surface area (Å²) in [7, 11) is 0. The summed E-state index contributed by atoms with van der Waals surface area (Å²) in [6, 6.07) is -0.681. The molecule has 0 fully saturated rings. The van der Waals surface area contributed by atoms with Gasteiger partial charge in [0.25, 0.3) is 11.2 Å². The number of hydrogen-bond donors (Lipinski definition) is 0. The molecule has 0 aliphatic carbocycles. The van der Waals surface area contributed by atoms with E-state index in [-0.39, 0.29) is 27.0 Å². The molecule has 0 bridgehead atoms. The predicted molar refractivity (Wildman–Crippen MR) is 79.0 cm³/mol. The Kier molecular flexibility index (Phi) is 7.34. The maximum atomic E-state index is 12.2. The number of hydrogen-bond acceptors (Lipinski definition) is 4. The summed E-state index contributed by atoms with van der Waals surface area (Å²) in [5.74, 6) is -5.32. The minimum atomic E-state index is -2.12. The molecule has 0 aliphatic heterocycles. The molecule has 0 aliphatic rings. The second-order valence-electron chi connectivity index (χ2n) is 3.74. The lowest BCUT2D eigenvalue weighted by Crippen LogP contribution is -2.02. The average molecular weight is 424 g/mol. The molecule has 0 unspecified atom stereocenters. The van der Waals surface area contributed by atoms with Crippen molar-refractivity contribution in [3.05, 3.63) is 56.3 Å². The Balaban J connectivity index is 0.000000240. The molecule has 2 rings (SSSR count). The van der Waals surface area contributed by atoms with Crippen molar-refractivity contribution >= 4 is 57.7 Å². The monoisotopic (exact) mass is 422 g/mol. The molecule has 0 amide bonds. The number of carbonyl (C=O) groups is 2. The highest BCUT2D eigenvalue weighted by atomic mass is 35.5.